The number of aliphatic hydroxyl groups is 1. The average Bonchev–Trinajstić information content (AvgIpc) is 2.85. The van der Waals surface area contributed by atoms with E-state index in [1.54, 1.807) is 23.2 Å². The fraction of sp³-hybridized carbons (Fsp3) is 0.320. The van der Waals surface area contributed by atoms with Crippen molar-refractivity contribution in [2.24, 2.45) is 0 Å². The maximum absolute atomic E-state index is 13.8. The second-order valence-electron chi connectivity index (χ2n) is 8.23. The first-order valence-electron chi connectivity index (χ1n) is 11.1. The molecule has 0 bridgehead atoms. The SMILES string of the molecule is O=C(N[C@H](CO)c1ccc(F)c(Cl)c1)N1CCc2cnc(CCCc3ccccc3F)nc2C1. The molecule has 0 spiro atoms. The van der Waals surface area contributed by atoms with Gasteiger partial charge >= 0.3 is 6.03 Å². The van der Waals surface area contributed by atoms with Crippen LogP contribution < -0.4 is 5.32 Å². The van der Waals surface area contributed by atoms with Crippen LogP contribution in [0, 0.1) is 11.6 Å². The van der Waals surface area contributed by atoms with Crippen molar-refractivity contribution in [3.05, 3.63) is 93.5 Å². The lowest BCUT2D eigenvalue weighted by Crippen LogP contribution is -2.45. The molecule has 0 saturated carbocycles. The molecular formula is C25H25ClF2N4O2. The summed E-state index contributed by atoms with van der Waals surface area (Å²) in [7, 11) is 0. The number of carbonyl (C=O) groups is 1. The Labute approximate surface area is 201 Å². The molecule has 4 rings (SSSR count). The number of amides is 2. The third kappa shape index (κ3) is 5.69. The van der Waals surface area contributed by atoms with Gasteiger partial charge in [-0.25, -0.2) is 23.5 Å². The summed E-state index contributed by atoms with van der Waals surface area (Å²) in [6, 6.07) is 9.73. The number of hydrogen-bond acceptors (Lipinski definition) is 4. The van der Waals surface area contributed by atoms with Crippen LogP contribution in [-0.4, -0.2) is 39.2 Å². The van der Waals surface area contributed by atoms with E-state index >= 15 is 0 Å². The lowest BCUT2D eigenvalue weighted by molar-refractivity contribution is 0.176. The molecule has 2 amide bonds. The maximum atomic E-state index is 13.8. The molecule has 2 heterocycles. The van der Waals surface area contributed by atoms with Gasteiger partial charge in [-0.1, -0.05) is 35.9 Å². The molecule has 0 aliphatic carbocycles. The summed E-state index contributed by atoms with van der Waals surface area (Å²) in [6.07, 6.45) is 4.32. The van der Waals surface area contributed by atoms with Gasteiger partial charge in [0.2, 0.25) is 0 Å². The van der Waals surface area contributed by atoms with Crippen molar-refractivity contribution >= 4 is 17.6 Å². The van der Waals surface area contributed by atoms with Crippen molar-refractivity contribution in [1.29, 1.82) is 0 Å². The molecule has 9 heteroatoms. The Balaban J connectivity index is 1.37. The summed E-state index contributed by atoms with van der Waals surface area (Å²) in [5.74, 6) is -0.114. The van der Waals surface area contributed by atoms with Gasteiger partial charge in [-0.15, -0.1) is 0 Å². The quantitative estimate of drug-likeness (QED) is 0.519. The summed E-state index contributed by atoms with van der Waals surface area (Å²) >= 11 is 5.84. The smallest absolute Gasteiger partial charge is 0.318 e. The zero-order valence-electron chi connectivity index (χ0n) is 18.5. The Bertz CT molecular complexity index is 1180. The number of benzene rings is 2. The summed E-state index contributed by atoms with van der Waals surface area (Å²) in [5, 5.41) is 12.5. The number of halogens is 3. The zero-order chi connectivity index (χ0) is 24.1. The largest absolute Gasteiger partial charge is 0.394 e. The van der Waals surface area contributed by atoms with Crippen LogP contribution >= 0.6 is 11.6 Å². The van der Waals surface area contributed by atoms with Crippen LogP contribution in [0.15, 0.2) is 48.7 Å². The first-order valence-corrected chi connectivity index (χ1v) is 11.5. The molecular weight excluding hydrogens is 462 g/mol. The second kappa shape index (κ2) is 10.9. The van der Waals surface area contributed by atoms with Gasteiger partial charge in [0, 0.05) is 19.2 Å². The molecule has 0 unspecified atom stereocenters. The number of carbonyl (C=O) groups excluding carboxylic acids is 1. The normalized spacial score (nSPS) is 13.9. The maximum Gasteiger partial charge on any atom is 0.318 e. The molecule has 1 aliphatic rings. The van der Waals surface area contributed by atoms with Gasteiger partial charge < -0.3 is 15.3 Å². The van der Waals surface area contributed by atoms with E-state index in [1.165, 1.54) is 24.3 Å². The van der Waals surface area contributed by atoms with Crippen LogP contribution in [0.25, 0.3) is 0 Å². The van der Waals surface area contributed by atoms with Crippen molar-refractivity contribution in [3.63, 3.8) is 0 Å². The van der Waals surface area contributed by atoms with Crippen LogP contribution in [0.1, 0.15) is 40.7 Å². The minimum absolute atomic E-state index is 0.0728. The van der Waals surface area contributed by atoms with Gasteiger partial charge in [-0.2, -0.15) is 0 Å². The predicted octanol–water partition coefficient (Wildman–Crippen LogP) is 4.38. The van der Waals surface area contributed by atoms with E-state index in [2.05, 4.69) is 15.3 Å². The van der Waals surface area contributed by atoms with Crippen molar-refractivity contribution in [3.8, 4) is 0 Å². The number of aryl methyl sites for hydroxylation is 2. The molecule has 34 heavy (non-hydrogen) atoms. The van der Waals surface area contributed by atoms with Crippen molar-refractivity contribution in [2.75, 3.05) is 13.2 Å². The standard InChI is InChI=1S/C25H25ClF2N4O2/c26-19-12-17(8-9-21(19)28)23(15-33)31-25(34)32-11-10-18-13-29-24(30-22(18)14-32)7-3-5-16-4-1-2-6-20(16)27/h1-2,4,6,8-9,12-13,23,33H,3,5,7,10-11,14-15H2,(H,31,34)/t23-/m1/s1. The Morgan fingerprint density at radius 2 is 2.00 bits per heavy atom. The highest BCUT2D eigenvalue weighted by Crippen LogP contribution is 2.22. The van der Waals surface area contributed by atoms with Crippen LogP contribution in [0.2, 0.25) is 5.02 Å². The molecule has 2 N–H and O–H groups in total. The number of hydrogen-bond donors (Lipinski definition) is 2. The lowest BCUT2D eigenvalue weighted by atomic mass is 10.1. The number of fused-ring (bicyclic) bond motifs is 1. The van der Waals surface area contributed by atoms with E-state index < -0.39 is 11.9 Å². The van der Waals surface area contributed by atoms with Gasteiger partial charge in [-0.05, 0) is 54.2 Å². The summed E-state index contributed by atoms with van der Waals surface area (Å²) in [4.78, 5) is 23.6. The van der Waals surface area contributed by atoms with E-state index in [0.29, 0.717) is 55.7 Å². The van der Waals surface area contributed by atoms with Crippen molar-refractivity contribution in [2.45, 2.75) is 38.3 Å². The highest BCUT2D eigenvalue weighted by Gasteiger charge is 2.25. The highest BCUT2D eigenvalue weighted by molar-refractivity contribution is 6.30. The third-order valence-corrected chi connectivity index (χ3v) is 6.20. The van der Waals surface area contributed by atoms with Gasteiger partial charge in [-0.3, -0.25) is 0 Å². The Hall–Kier alpha value is -3.10. The number of nitrogens with one attached hydrogen (secondary N) is 1. The topological polar surface area (TPSA) is 78.4 Å². The van der Waals surface area contributed by atoms with E-state index in [4.69, 9.17) is 11.6 Å². The minimum atomic E-state index is -0.716. The molecule has 0 radical (unpaired) electrons. The number of aliphatic hydroxyl groups excluding tert-OH is 1. The number of nitrogens with zero attached hydrogens (tertiary/aromatic N) is 3. The first-order chi connectivity index (χ1) is 16.4. The molecule has 1 aromatic heterocycles. The van der Waals surface area contributed by atoms with Gasteiger partial charge in [0.15, 0.2) is 0 Å². The van der Waals surface area contributed by atoms with Crippen molar-refractivity contribution in [1.82, 2.24) is 20.2 Å². The van der Waals surface area contributed by atoms with E-state index in [9.17, 15) is 18.7 Å². The molecule has 1 atom stereocenters. The minimum Gasteiger partial charge on any atom is -0.394 e. The number of urea groups is 1. The van der Waals surface area contributed by atoms with Crippen molar-refractivity contribution < 1.29 is 18.7 Å². The van der Waals surface area contributed by atoms with Gasteiger partial charge in [0.1, 0.15) is 17.5 Å². The Morgan fingerprint density at radius 1 is 1.18 bits per heavy atom. The van der Waals surface area contributed by atoms with E-state index in [0.717, 1.165) is 11.3 Å². The van der Waals surface area contributed by atoms with Crippen LogP contribution in [-0.2, 0) is 25.8 Å². The predicted molar refractivity (Wildman–Crippen MR) is 124 cm³/mol. The second-order valence-corrected chi connectivity index (χ2v) is 8.64. The van der Waals surface area contributed by atoms with Gasteiger partial charge in [0.25, 0.3) is 0 Å². The van der Waals surface area contributed by atoms with Gasteiger partial charge in [0.05, 0.1) is 29.9 Å². The molecule has 0 fully saturated rings. The average molecular weight is 487 g/mol. The lowest BCUT2D eigenvalue weighted by Gasteiger charge is -2.30. The summed E-state index contributed by atoms with van der Waals surface area (Å²) in [5.41, 5.74) is 2.96. The number of rotatable bonds is 7. The Kier molecular flexibility index (Phi) is 7.70. The fourth-order valence-electron chi connectivity index (χ4n) is 3.98. The third-order valence-electron chi connectivity index (χ3n) is 5.91. The van der Waals surface area contributed by atoms with Crippen LogP contribution in [0.4, 0.5) is 13.6 Å². The molecule has 178 valence electrons. The fourth-order valence-corrected chi connectivity index (χ4v) is 4.17. The first kappa shape index (κ1) is 24.0. The Morgan fingerprint density at radius 3 is 2.76 bits per heavy atom. The molecule has 2 aromatic carbocycles. The zero-order valence-corrected chi connectivity index (χ0v) is 19.2. The van der Waals surface area contributed by atoms with E-state index in [1.807, 2.05) is 6.07 Å². The summed E-state index contributed by atoms with van der Waals surface area (Å²) < 4.78 is 27.3. The monoisotopic (exact) mass is 486 g/mol. The van der Waals surface area contributed by atoms with E-state index in [-0.39, 0.29) is 23.5 Å². The highest BCUT2D eigenvalue weighted by atomic mass is 35.5. The number of aromatic nitrogens is 2. The van der Waals surface area contributed by atoms with Crippen LogP contribution in [0.3, 0.4) is 0 Å². The molecule has 0 saturated heterocycles. The summed E-state index contributed by atoms with van der Waals surface area (Å²) in [6.45, 7) is 0.440. The van der Waals surface area contributed by atoms with Crippen LogP contribution in [0.5, 0.6) is 0 Å². The molecule has 3 aromatic rings. The molecule has 6 nitrogen and oxygen atoms in total. The molecule has 1 aliphatic heterocycles.